The molecule has 0 atom stereocenters. The quantitative estimate of drug-likeness (QED) is 0.684. The molecule has 0 saturated heterocycles. The number of rotatable bonds is 4. The summed E-state index contributed by atoms with van der Waals surface area (Å²) in [7, 11) is 0. The third kappa shape index (κ3) is 2.89. The molecule has 0 aliphatic rings. The van der Waals surface area contributed by atoms with E-state index in [1.807, 2.05) is 0 Å². The number of carboxylic acids is 1. The smallest absolute Gasteiger partial charge is 0.339 e. The van der Waals surface area contributed by atoms with Gasteiger partial charge >= 0.3 is 5.97 Å². The molecule has 0 fully saturated rings. The number of halogens is 1. The Bertz CT molecular complexity index is 686. The van der Waals surface area contributed by atoms with Gasteiger partial charge in [0.05, 0.1) is 11.0 Å². The molecule has 0 aliphatic heterocycles. The van der Waals surface area contributed by atoms with Gasteiger partial charge in [-0.05, 0) is 24.3 Å². The van der Waals surface area contributed by atoms with Crippen LogP contribution >= 0.6 is 0 Å². The van der Waals surface area contributed by atoms with Gasteiger partial charge in [0.1, 0.15) is 22.9 Å². The van der Waals surface area contributed by atoms with E-state index < -0.39 is 16.7 Å². The van der Waals surface area contributed by atoms with Crippen LogP contribution < -0.4 is 4.74 Å². The van der Waals surface area contributed by atoms with Crippen LogP contribution in [-0.2, 0) is 0 Å². The molecule has 0 bridgehead atoms. The van der Waals surface area contributed by atoms with Crippen molar-refractivity contribution >= 4 is 11.7 Å². The lowest BCUT2D eigenvalue weighted by molar-refractivity contribution is -0.384. The Balaban J connectivity index is 2.37. The molecule has 0 spiro atoms. The van der Waals surface area contributed by atoms with Gasteiger partial charge in [0, 0.05) is 6.07 Å². The second-order valence-corrected chi connectivity index (χ2v) is 3.80. The summed E-state index contributed by atoms with van der Waals surface area (Å²) in [6.07, 6.45) is 0. The van der Waals surface area contributed by atoms with Crippen molar-refractivity contribution in [3.8, 4) is 11.5 Å². The first-order chi connectivity index (χ1) is 9.47. The topological polar surface area (TPSA) is 89.7 Å². The van der Waals surface area contributed by atoms with Crippen LogP contribution in [0.4, 0.5) is 10.1 Å². The number of benzene rings is 2. The fraction of sp³-hybridized carbons (Fsp3) is 0. The van der Waals surface area contributed by atoms with Crippen molar-refractivity contribution in [2.75, 3.05) is 0 Å². The number of nitro groups is 1. The van der Waals surface area contributed by atoms with E-state index in [-0.39, 0.29) is 22.7 Å². The van der Waals surface area contributed by atoms with Crippen LogP contribution in [0.3, 0.4) is 0 Å². The van der Waals surface area contributed by atoms with Gasteiger partial charge in [-0.3, -0.25) is 10.1 Å². The number of carboxylic acid groups (broad SMARTS) is 1. The van der Waals surface area contributed by atoms with Crippen molar-refractivity contribution in [1.82, 2.24) is 0 Å². The lowest BCUT2D eigenvalue weighted by atomic mass is 10.2. The van der Waals surface area contributed by atoms with Crippen LogP contribution in [0.25, 0.3) is 0 Å². The molecule has 0 heterocycles. The lowest BCUT2D eigenvalue weighted by Gasteiger charge is -2.08. The molecule has 2 rings (SSSR count). The van der Waals surface area contributed by atoms with Crippen LogP contribution in [0, 0.1) is 15.9 Å². The Morgan fingerprint density at radius 3 is 2.65 bits per heavy atom. The highest BCUT2D eigenvalue weighted by molar-refractivity contribution is 5.91. The molecule has 0 amide bonds. The van der Waals surface area contributed by atoms with Crippen LogP contribution in [0.1, 0.15) is 10.4 Å². The zero-order valence-electron chi connectivity index (χ0n) is 9.95. The Hall–Kier alpha value is -2.96. The monoisotopic (exact) mass is 277 g/mol. The van der Waals surface area contributed by atoms with Crippen molar-refractivity contribution in [2.45, 2.75) is 0 Å². The van der Waals surface area contributed by atoms with Gasteiger partial charge in [0.25, 0.3) is 5.69 Å². The number of hydrogen-bond donors (Lipinski definition) is 1. The van der Waals surface area contributed by atoms with Crippen molar-refractivity contribution < 1.29 is 24.0 Å². The molecule has 6 nitrogen and oxygen atoms in total. The number of aromatic carboxylic acids is 1. The summed E-state index contributed by atoms with van der Waals surface area (Å²) in [6, 6.07) is 8.26. The molecule has 7 heteroatoms. The van der Waals surface area contributed by atoms with E-state index in [2.05, 4.69) is 0 Å². The van der Waals surface area contributed by atoms with E-state index in [1.54, 1.807) is 0 Å². The van der Waals surface area contributed by atoms with E-state index in [4.69, 9.17) is 9.84 Å². The summed E-state index contributed by atoms with van der Waals surface area (Å²) < 4.78 is 18.3. The number of nitro benzene ring substituents is 1. The van der Waals surface area contributed by atoms with Crippen molar-refractivity contribution in [3.63, 3.8) is 0 Å². The highest BCUT2D eigenvalue weighted by Crippen LogP contribution is 2.28. The highest BCUT2D eigenvalue weighted by Gasteiger charge is 2.14. The van der Waals surface area contributed by atoms with Crippen LogP contribution in [-0.4, -0.2) is 16.0 Å². The minimum atomic E-state index is -1.36. The summed E-state index contributed by atoms with van der Waals surface area (Å²) >= 11 is 0. The fourth-order valence-corrected chi connectivity index (χ4v) is 1.55. The van der Waals surface area contributed by atoms with Gasteiger partial charge in [-0.2, -0.15) is 0 Å². The van der Waals surface area contributed by atoms with Crippen LogP contribution in [0.5, 0.6) is 11.5 Å². The third-order valence-electron chi connectivity index (χ3n) is 2.43. The third-order valence-corrected chi connectivity index (χ3v) is 2.43. The molecule has 20 heavy (non-hydrogen) atoms. The van der Waals surface area contributed by atoms with Crippen molar-refractivity contribution in [3.05, 3.63) is 64.0 Å². The van der Waals surface area contributed by atoms with E-state index >= 15 is 0 Å². The van der Waals surface area contributed by atoms with Crippen molar-refractivity contribution in [2.24, 2.45) is 0 Å². The Kier molecular flexibility index (Phi) is 3.60. The summed E-state index contributed by atoms with van der Waals surface area (Å²) in [5.41, 5.74) is -0.557. The predicted molar refractivity (Wildman–Crippen MR) is 66.5 cm³/mol. The fourth-order valence-electron chi connectivity index (χ4n) is 1.55. The average molecular weight is 277 g/mol. The molecule has 0 saturated carbocycles. The maximum absolute atomic E-state index is 13.0. The molecule has 0 aliphatic carbocycles. The first-order valence-electron chi connectivity index (χ1n) is 5.42. The van der Waals surface area contributed by atoms with E-state index in [0.717, 1.165) is 24.3 Å². The van der Waals surface area contributed by atoms with Gasteiger partial charge in [-0.15, -0.1) is 0 Å². The predicted octanol–water partition coefficient (Wildman–Crippen LogP) is 3.22. The van der Waals surface area contributed by atoms with Gasteiger partial charge < -0.3 is 9.84 Å². The Morgan fingerprint density at radius 1 is 1.25 bits per heavy atom. The average Bonchev–Trinajstić information content (AvgIpc) is 2.41. The minimum absolute atomic E-state index is 0.0910. The highest BCUT2D eigenvalue weighted by atomic mass is 19.1. The molecular weight excluding hydrogens is 269 g/mol. The SMILES string of the molecule is O=C(O)c1cc(F)ccc1Oc1cccc([N+](=O)[O-])c1. The zero-order valence-corrected chi connectivity index (χ0v) is 9.95. The standard InChI is InChI=1S/C13H8FNO5/c14-8-4-5-12(11(6-8)13(16)17)20-10-3-1-2-9(7-10)15(18)19/h1-7H,(H,16,17). The van der Waals surface area contributed by atoms with Gasteiger partial charge in [0.15, 0.2) is 0 Å². The van der Waals surface area contributed by atoms with Gasteiger partial charge in [0.2, 0.25) is 0 Å². The van der Waals surface area contributed by atoms with Crippen LogP contribution in [0.15, 0.2) is 42.5 Å². The summed E-state index contributed by atoms with van der Waals surface area (Å²) in [5, 5.41) is 19.6. The summed E-state index contributed by atoms with van der Waals surface area (Å²) in [6.45, 7) is 0. The molecule has 0 radical (unpaired) electrons. The normalized spacial score (nSPS) is 10.1. The van der Waals surface area contributed by atoms with Gasteiger partial charge in [-0.25, -0.2) is 9.18 Å². The molecule has 2 aromatic rings. The van der Waals surface area contributed by atoms with Crippen molar-refractivity contribution in [1.29, 1.82) is 0 Å². The first kappa shape index (κ1) is 13.5. The first-order valence-corrected chi connectivity index (χ1v) is 5.42. The van der Waals surface area contributed by atoms with Gasteiger partial charge in [-0.1, -0.05) is 6.07 Å². The largest absolute Gasteiger partial charge is 0.478 e. The zero-order chi connectivity index (χ0) is 14.7. The maximum Gasteiger partial charge on any atom is 0.339 e. The summed E-state index contributed by atoms with van der Waals surface area (Å²) in [4.78, 5) is 21.0. The van der Waals surface area contributed by atoms with E-state index in [1.165, 1.54) is 18.2 Å². The lowest BCUT2D eigenvalue weighted by Crippen LogP contribution is -2.01. The number of carbonyl (C=O) groups is 1. The number of hydrogen-bond acceptors (Lipinski definition) is 4. The second kappa shape index (κ2) is 5.35. The number of ether oxygens (including phenoxy) is 1. The van der Waals surface area contributed by atoms with E-state index in [0.29, 0.717) is 0 Å². The molecule has 1 N–H and O–H groups in total. The maximum atomic E-state index is 13.0. The molecular formula is C13H8FNO5. The number of non-ortho nitro benzene ring substituents is 1. The Labute approximate surface area is 112 Å². The van der Waals surface area contributed by atoms with E-state index in [9.17, 15) is 19.3 Å². The second-order valence-electron chi connectivity index (χ2n) is 3.80. The molecule has 2 aromatic carbocycles. The molecule has 0 unspecified atom stereocenters. The molecule has 102 valence electrons. The molecule has 0 aromatic heterocycles. The number of nitrogens with zero attached hydrogens (tertiary/aromatic N) is 1. The summed E-state index contributed by atoms with van der Waals surface area (Å²) in [5.74, 6) is -2.08. The Morgan fingerprint density at radius 2 is 2.00 bits per heavy atom. The van der Waals surface area contributed by atoms with Crippen LogP contribution in [0.2, 0.25) is 0 Å². The minimum Gasteiger partial charge on any atom is -0.478 e.